The second-order valence-electron chi connectivity index (χ2n) is 7.61. The number of piperidine rings is 1. The monoisotopic (exact) mass is 291 g/mol. The predicted molar refractivity (Wildman–Crippen MR) is 84.7 cm³/mol. The maximum atomic E-state index is 12.7. The number of carbonyl (C=O) groups is 1. The van der Waals surface area contributed by atoms with E-state index in [-0.39, 0.29) is 17.9 Å². The van der Waals surface area contributed by atoms with Crippen LogP contribution in [0.4, 0.5) is 0 Å². The van der Waals surface area contributed by atoms with Crippen LogP contribution in [0.1, 0.15) is 39.0 Å². The molecule has 4 nitrogen and oxygen atoms in total. The van der Waals surface area contributed by atoms with Crippen LogP contribution in [-0.2, 0) is 4.79 Å². The first-order chi connectivity index (χ1) is 10.0. The van der Waals surface area contributed by atoms with Crippen molar-refractivity contribution in [3.05, 3.63) is 12.2 Å². The third-order valence-electron chi connectivity index (χ3n) is 5.96. The molecular formula is C17H29N3O. The Morgan fingerprint density at radius 2 is 2.05 bits per heavy atom. The minimum absolute atomic E-state index is 0.151. The topological polar surface area (TPSA) is 58.4 Å². The van der Waals surface area contributed by atoms with Crippen LogP contribution in [0, 0.1) is 17.3 Å². The summed E-state index contributed by atoms with van der Waals surface area (Å²) in [5.41, 5.74) is 7.97. The molecule has 3 fully saturated rings. The average Bonchev–Trinajstić information content (AvgIpc) is 2.44. The van der Waals surface area contributed by atoms with Crippen molar-refractivity contribution in [1.82, 2.24) is 10.2 Å². The molecule has 0 bridgehead atoms. The molecule has 2 saturated heterocycles. The summed E-state index contributed by atoms with van der Waals surface area (Å²) in [6.07, 6.45) is 5.47. The number of nitrogens with zero attached hydrogens (tertiary/aromatic N) is 1. The molecule has 0 aromatic rings. The molecule has 3 N–H and O–H groups in total. The van der Waals surface area contributed by atoms with Gasteiger partial charge >= 0.3 is 0 Å². The van der Waals surface area contributed by atoms with E-state index in [1.54, 1.807) is 0 Å². The molecule has 4 heteroatoms. The van der Waals surface area contributed by atoms with Crippen molar-refractivity contribution >= 4 is 5.91 Å². The van der Waals surface area contributed by atoms with E-state index in [1.807, 2.05) is 4.90 Å². The van der Waals surface area contributed by atoms with Crippen LogP contribution in [-0.4, -0.2) is 43.0 Å². The fraction of sp³-hybridized carbons (Fsp3) is 0.824. The van der Waals surface area contributed by atoms with E-state index in [0.29, 0.717) is 11.3 Å². The first-order valence-electron chi connectivity index (χ1n) is 8.43. The number of rotatable bonds is 2. The van der Waals surface area contributed by atoms with Gasteiger partial charge in [0.15, 0.2) is 0 Å². The van der Waals surface area contributed by atoms with Gasteiger partial charge in [0.1, 0.15) is 0 Å². The fourth-order valence-electron chi connectivity index (χ4n) is 4.22. The van der Waals surface area contributed by atoms with E-state index in [9.17, 15) is 4.79 Å². The molecule has 0 radical (unpaired) electrons. The van der Waals surface area contributed by atoms with E-state index in [0.717, 1.165) is 51.9 Å². The average molecular weight is 291 g/mol. The maximum Gasteiger partial charge on any atom is 0.240 e. The highest BCUT2D eigenvalue weighted by molar-refractivity contribution is 5.82. The molecule has 0 aromatic heterocycles. The normalized spacial score (nSPS) is 33.6. The van der Waals surface area contributed by atoms with E-state index in [4.69, 9.17) is 5.73 Å². The highest BCUT2D eigenvalue weighted by Crippen LogP contribution is 2.37. The number of likely N-dealkylation sites (tertiary alicyclic amines) is 1. The third kappa shape index (κ3) is 2.88. The quantitative estimate of drug-likeness (QED) is 0.758. The van der Waals surface area contributed by atoms with Gasteiger partial charge in [-0.3, -0.25) is 4.79 Å². The summed E-state index contributed by atoms with van der Waals surface area (Å²) in [5.74, 6) is 1.03. The summed E-state index contributed by atoms with van der Waals surface area (Å²) >= 11 is 0. The van der Waals surface area contributed by atoms with Crippen molar-refractivity contribution in [2.45, 2.75) is 45.1 Å². The molecule has 1 aliphatic carbocycles. The highest BCUT2D eigenvalue weighted by atomic mass is 16.2. The molecule has 1 amide bonds. The molecule has 3 aliphatic rings. The van der Waals surface area contributed by atoms with Gasteiger partial charge in [-0.05, 0) is 43.4 Å². The molecule has 2 heterocycles. The van der Waals surface area contributed by atoms with Crippen LogP contribution >= 0.6 is 0 Å². The van der Waals surface area contributed by atoms with E-state index in [2.05, 4.69) is 18.8 Å². The Kier molecular flexibility index (Phi) is 4.10. The lowest BCUT2D eigenvalue weighted by Gasteiger charge is -2.49. The SMILES string of the molecule is C=C1CC(C)CC[C@H]1[C@H](N)C(=O)N1CCC2(CC1)CNC2. The van der Waals surface area contributed by atoms with Crippen molar-refractivity contribution in [3.8, 4) is 0 Å². The van der Waals surface area contributed by atoms with Gasteiger partial charge in [-0.1, -0.05) is 19.1 Å². The molecule has 1 unspecified atom stereocenters. The van der Waals surface area contributed by atoms with Gasteiger partial charge in [0.05, 0.1) is 6.04 Å². The molecule has 21 heavy (non-hydrogen) atoms. The van der Waals surface area contributed by atoms with Crippen molar-refractivity contribution in [2.75, 3.05) is 26.2 Å². The zero-order valence-electron chi connectivity index (χ0n) is 13.2. The Bertz CT molecular complexity index is 420. The van der Waals surface area contributed by atoms with Gasteiger partial charge in [0.2, 0.25) is 5.91 Å². The van der Waals surface area contributed by atoms with E-state index in [1.165, 1.54) is 12.0 Å². The number of nitrogens with one attached hydrogen (secondary N) is 1. The zero-order valence-corrected chi connectivity index (χ0v) is 13.2. The van der Waals surface area contributed by atoms with Gasteiger partial charge in [-0.15, -0.1) is 0 Å². The van der Waals surface area contributed by atoms with Gasteiger partial charge in [-0.25, -0.2) is 0 Å². The lowest BCUT2D eigenvalue weighted by Crippen LogP contribution is -2.60. The lowest BCUT2D eigenvalue weighted by molar-refractivity contribution is -0.136. The number of carbonyl (C=O) groups excluding carboxylic acids is 1. The number of hydrogen-bond donors (Lipinski definition) is 2. The highest BCUT2D eigenvalue weighted by Gasteiger charge is 2.42. The molecule has 118 valence electrons. The van der Waals surface area contributed by atoms with Crippen LogP contribution < -0.4 is 11.1 Å². The summed E-state index contributed by atoms with van der Waals surface area (Å²) in [6, 6.07) is -0.376. The van der Waals surface area contributed by atoms with Gasteiger partial charge in [0.25, 0.3) is 0 Å². The van der Waals surface area contributed by atoms with Crippen molar-refractivity contribution in [1.29, 1.82) is 0 Å². The van der Waals surface area contributed by atoms with E-state index < -0.39 is 0 Å². The van der Waals surface area contributed by atoms with Crippen molar-refractivity contribution in [2.24, 2.45) is 23.0 Å². The molecule has 3 rings (SSSR count). The molecule has 1 spiro atoms. The summed E-state index contributed by atoms with van der Waals surface area (Å²) in [7, 11) is 0. The van der Waals surface area contributed by atoms with Crippen LogP contribution in [0.25, 0.3) is 0 Å². The van der Waals surface area contributed by atoms with Gasteiger partial charge in [0, 0.05) is 32.1 Å². The van der Waals surface area contributed by atoms with Crippen LogP contribution in [0.3, 0.4) is 0 Å². The largest absolute Gasteiger partial charge is 0.341 e. The second kappa shape index (κ2) is 5.73. The maximum absolute atomic E-state index is 12.7. The summed E-state index contributed by atoms with van der Waals surface area (Å²) in [5, 5.41) is 3.36. The standard InChI is InChI=1S/C17H29N3O/c1-12-3-4-14(13(2)9-12)15(18)16(21)20-7-5-17(6-8-20)10-19-11-17/h12,14-15,19H,2-11,18H2,1H3/t12?,14-,15+/m1/s1. The van der Waals surface area contributed by atoms with Crippen LogP contribution in [0.15, 0.2) is 12.2 Å². The Morgan fingerprint density at radius 1 is 1.38 bits per heavy atom. The van der Waals surface area contributed by atoms with Crippen LogP contribution in [0.2, 0.25) is 0 Å². The minimum Gasteiger partial charge on any atom is -0.341 e. The summed E-state index contributed by atoms with van der Waals surface area (Å²) < 4.78 is 0. The third-order valence-corrected chi connectivity index (χ3v) is 5.96. The first kappa shape index (κ1) is 15.0. The Morgan fingerprint density at radius 3 is 2.57 bits per heavy atom. The number of nitrogens with two attached hydrogens (primary N) is 1. The molecular weight excluding hydrogens is 262 g/mol. The number of amides is 1. The van der Waals surface area contributed by atoms with Gasteiger partial charge < -0.3 is 16.0 Å². The van der Waals surface area contributed by atoms with Crippen LogP contribution in [0.5, 0.6) is 0 Å². The van der Waals surface area contributed by atoms with Crippen molar-refractivity contribution in [3.63, 3.8) is 0 Å². The molecule has 3 atom stereocenters. The van der Waals surface area contributed by atoms with Gasteiger partial charge in [-0.2, -0.15) is 0 Å². The lowest BCUT2D eigenvalue weighted by atomic mass is 9.73. The Labute approximate surface area is 128 Å². The predicted octanol–water partition coefficient (Wildman–Crippen LogP) is 1.52. The van der Waals surface area contributed by atoms with E-state index >= 15 is 0 Å². The zero-order chi connectivity index (χ0) is 15.0. The Balaban J connectivity index is 1.56. The fourth-order valence-corrected chi connectivity index (χ4v) is 4.22. The summed E-state index contributed by atoms with van der Waals surface area (Å²) in [4.78, 5) is 14.7. The minimum atomic E-state index is -0.376. The smallest absolute Gasteiger partial charge is 0.240 e. The number of hydrogen-bond acceptors (Lipinski definition) is 3. The van der Waals surface area contributed by atoms with Crippen molar-refractivity contribution < 1.29 is 4.79 Å². The molecule has 1 saturated carbocycles. The molecule has 2 aliphatic heterocycles. The molecule has 0 aromatic carbocycles. The Hall–Kier alpha value is -0.870. The second-order valence-corrected chi connectivity index (χ2v) is 7.61. The summed E-state index contributed by atoms with van der Waals surface area (Å²) in [6.45, 7) is 10.4. The first-order valence-corrected chi connectivity index (χ1v) is 8.43.